The van der Waals surface area contributed by atoms with E-state index in [0.29, 0.717) is 25.4 Å². The van der Waals surface area contributed by atoms with Crippen LogP contribution < -0.4 is 10.1 Å². The van der Waals surface area contributed by atoms with Crippen LogP contribution in [0.15, 0.2) is 23.1 Å². The van der Waals surface area contributed by atoms with Crippen LogP contribution in [0.3, 0.4) is 0 Å². The molecule has 1 aromatic carbocycles. The highest BCUT2D eigenvalue weighted by Crippen LogP contribution is 2.29. The average molecular weight is 298 g/mol. The molecule has 6 heteroatoms. The van der Waals surface area contributed by atoms with Gasteiger partial charge in [-0.2, -0.15) is 4.31 Å². The molecule has 5 nitrogen and oxygen atoms in total. The number of benzene rings is 1. The number of nitrogens with zero attached hydrogens (tertiary/aromatic N) is 1. The summed E-state index contributed by atoms with van der Waals surface area (Å²) in [7, 11) is -2.04. The number of rotatable bonds is 3. The van der Waals surface area contributed by atoms with E-state index in [2.05, 4.69) is 5.32 Å². The van der Waals surface area contributed by atoms with Gasteiger partial charge in [0.25, 0.3) is 0 Å². The van der Waals surface area contributed by atoms with E-state index >= 15 is 0 Å². The molecule has 1 aromatic rings. The summed E-state index contributed by atoms with van der Waals surface area (Å²) < 4.78 is 32.4. The van der Waals surface area contributed by atoms with Crippen LogP contribution in [-0.2, 0) is 10.0 Å². The molecule has 1 aliphatic heterocycles. The van der Waals surface area contributed by atoms with Gasteiger partial charge in [-0.25, -0.2) is 8.42 Å². The Morgan fingerprint density at radius 1 is 1.35 bits per heavy atom. The fourth-order valence-electron chi connectivity index (χ4n) is 2.42. The quantitative estimate of drug-likeness (QED) is 0.916. The largest absolute Gasteiger partial charge is 0.495 e. The molecule has 0 aromatic heterocycles. The lowest BCUT2D eigenvalue weighted by molar-refractivity contribution is 0.233. The molecular weight excluding hydrogens is 276 g/mol. The van der Waals surface area contributed by atoms with Crippen molar-refractivity contribution in [2.24, 2.45) is 0 Å². The van der Waals surface area contributed by atoms with Gasteiger partial charge in [-0.3, -0.25) is 0 Å². The maximum atomic E-state index is 12.8. The van der Waals surface area contributed by atoms with Crippen molar-refractivity contribution >= 4 is 10.0 Å². The first-order chi connectivity index (χ1) is 9.26. The standard InChI is InChI=1S/C14H22N2O3S/c1-11-5-6-12(19-4)13(9-11)20(17,18)16-8-7-15-14(2,3)10-16/h5-6,9,15H,7-8,10H2,1-4H3. The number of methoxy groups -OCH3 is 1. The first kappa shape index (κ1) is 15.3. The van der Waals surface area contributed by atoms with E-state index in [1.165, 1.54) is 11.4 Å². The summed E-state index contributed by atoms with van der Waals surface area (Å²) in [6.07, 6.45) is 0. The van der Waals surface area contributed by atoms with Crippen molar-refractivity contribution in [3.63, 3.8) is 0 Å². The Balaban J connectivity index is 2.42. The van der Waals surface area contributed by atoms with E-state index in [1.807, 2.05) is 26.8 Å². The van der Waals surface area contributed by atoms with Crippen LogP contribution in [0.2, 0.25) is 0 Å². The molecule has 0 atom stereocenters. The zero-order valence-electron chi connectivity index (χ0n) is 12.4. The summed E-state index contributed by atoms with van der Waals surface area (Å²) in [4.78, 5) is 0.248. The second-order valence-electron chi connectivity index (χ2n) is 5.80. The Hall–Kier alpha value is -1.11. The minimum atomic E-state index is -3.53. The fraction of sp³-hybridized carbons (Fsp3) is 0.571. The highest BCUT2D eigenvalue weighted by Gasteiger charge is 2.35. The Bertz CT molecular complexity index is 596. The van der Waals surface area contributed by atoms with Crippen molar-refractivity contribution in [3.05, 3.63) is 23.8 Å². The second-order valence-corrected chi connectivity index (χ2v) is 7.71. The summed E-state index contributed by atoms with van der Waals surface area (Å²) in [6, 6.07) is 5.22. The number of piperazine rings is 1. The number of aryl methyl sites for hydroxylation is 1. The molecule has 1 saturated heterocycles. The highest BCUT2D eigenvalue weighted by atomic mass is 32.2. The Labute approximate surface area is 121 Å². The maximum Gasteiger partial charge on any atom is 0.246 e. The van der Waals surface area contributed by atoms with Gasteiger partial charge in [-0.1, -0.05) is 6.07 Å². The molecule has 0 amide bonds. The summed E-state index contributed by atoms with van der Waals surface area (Å²) >= 11 is 0. The Morgan fingerprint density at radius 3 is 2.65 bits per heavy atom. The molecule has 0 bridgehead atoms. The van der Waals surface area contributed by atoms with Crippen LogP contribution in [0.4, 0.5) is 0 Å². The van der Waals surface area contributed by atoms with E-state index in [-0.39, 0.29) is 10.4 Å². The number of ether oxygens (including phenoxy) is 1. The van der Waals surface area contributed by atoms with Crippen molar-refractivity contribution in [2.45, 2.75) is 31.2 Å². The molecule has 0 spiro atoms. The number of nitrogens with one attached hydrogen (secondary N) is 1. The first-order valence-electron chi connectivity index (χ1n) is 6.66. The third-order valence-corrected chi connectivity index (χ3v) is 5.34. The lowest BCUT2D eigenvalue weighted by atomic mass is 10.0. The van der Waals surface area contributed by atoms with Crippen molar-refractivity contribution in [2.75, 3.05) is 26.7 Å². The van der Waals surface area contributed by atoms with E-state index in [4.69, 9.17) is 4.74 Å². The van der Waals surface area contributed by atoms with Gasteiger partial charge in [0, 0.05) is 25.2 Å². The lowest BCUT2D eigenvalue weighted by Gasteiger charge is -2.38. The molecular formula is C14H22N2O3S. The number of hydrogen-bond donors (Lipinski definition) is 1. The third kappa shape index (κ3) is 2.97. The molecule has 0 unspecified atom stereocenters. The lowest BCUT2D eigenvalue weighted by Crippen LogP contribution is -2.58. The zero-order chi connectivity index (χ0) is 15.0. The monoisotopic (exact) mass is 298 g/mol. The van der Waals surface area contributed by atoms with Crippen LogP contribution >= 0.6 is 0 Å². The first-order valence-corrected chi connectivity index (χ1v) is 8.10. The van der Waals surface area contributed by atoms with Gasteiger partial charge in [-0.15, -0.1) is 0 Å². The molecule has 1 heterocycles. The van der Waals surface area contributed by atoms with Gasteiger partial charge in [0.1, 0.15) is 10.6 Å². The minimum Gasteiger partial charge on any atom is -0.495 e. The van der Waals surface area contributed by atoms with E-state index in [0.717, 1.165) is 5.56 Å². The normalized spacial score (nSPS) is 19.8. The van der Waals surface area contributed by atoms with Crippen molar-refractivity contribution in [1.82, 2.24) is 9.62 Å². The van der Waals surface area contributed by atoms with Gasteiger partial charge in [0.15, 0.2) is 0 Å². The summed E-state index contributed by atoms with van der Waals surface area (Å²) in [5, 5.41) is 3.31. The van der Waals surface area contributed by atoms with Crippen LogP contribution in [0.25, 0.3) is 0 Å². The summed E-state index contributed by atoms with van der Waals surface area (Å²) in [5.41, 5.74) is 0.682. The van der Waals surface area contributed by atoms with Gasteiger partial charge >= 0.3 is 0 Å². The molecule has 1 fully saturated rings. The smallest absolute Gasteiger partial charge is 0.246 e. The van der Waals surface area contributed by atoms with E-state index in [1.54, 1.807) is 12.1 Å². The topological polar surface area (TPSA) is 58.6 Å². The molecule has 112 valence electrons. The van der Waals surface area contributed by atoms with Crippen LogP contribution in [0.1, 0.15) is 19.4 Å². The fourth-order valence-corrected chi connectivity index (χ4v) is 4.27. The predicted molar refractivity (Wildman–Crippen MR) is 78.6 cm³/mol. The van der Waals surface area contributed by atoms with Gasteiger partial charge in [-0.05, 0) is 38.5 Å². The van der Waals surface area contributed by atoms with E-state index < -0.39 is 10.0 Å². The second kappa shape index (κ2) is 5.35. The molecule has 0 saturated carbocycles. The Kier molecular flexibility index (Phi) is 4.09. The summed E-state index contributed by atoms with van der Waals surface area (Å²) in [6.45, 7) is 7.46. The molecule has 1 N–H and O–H groups in total. The van der Waals surface area contributed by atoms with Gasteiger partial charge in [0.2, 0.25) is 10.0 Å². The molecule has 1 aliphatic rings. The van der Waals surface area contributed by atoms with E-state index in [9.17, 15) is 8.42 Å². The molecule has 20 heavy (non-hydrogen) atoms. The average Bonchev–Trinajstić information content (AvgIpc) is 2.37. The van der Waals surface area contributed by atoms with Gasteiger partial charge in [0.05, 0.1) is 7.11 Å². The van der Waals surface area contributed by atoms with Crippen LogP contribution in [0.5, 0.6) is 5.75 Å². The number of hydrogen-bond acceptors (Lipinski definition) is 4. The molecule has 0 radical (unpaired) electrons. The Morgan fingerprint density at radius 2 is 2.05 bits per heavy atom. The third-order valence-electron chi connectivity index (χ3n) is 3.47. The van der Waals surface area contributed by atoms with Crippen LogP contribution in [-0.4, -0.2) is 45.0 Å². The molecule has 0 aliphatic carbocycles. The predicted octanol–water partition coefficient (Wildman–Crippen LogP) is 1.38. The maximum absolute atomic E-state index is 12.8. The highest BCUT2D eigenvalue weighted by molar-refractivity contribution is 7.89. The SMILES string of the molecule is COc1ccc(C)cc1S(=O)(=O)N1CCNC(C)(C)C1. The molecule has 2 rings (SSSR count). The summed E-state index contributed by atoms with van der Waals surface area (Å²) in [5.74, 6) is 0.395. The van der Waals surface area contributed by atoms with Crippen molar-refractivity contribution in [1.29, 1.82) is 0 Å². The van der Waals surface area contributed by atoms with Crippen LogP contribution in [0, 0.1) is 6.92 Å². The van der Waals surface area contributed by atoms with Crippen molar-refractivity contribution < 1.29 is 13.2 Å². The number of sulfonamides is 1. The minimum absolute atomic E-state index is 0.220. The van der Waals surface area contributed by atoms with Gasteiger partial charge < -0.3 is 10.1 Å². The zero-order valence-corrected chi connectivity index (χ0v) is 13.3. The van der Waals surface area contributed by atoms with Crippen molar-refractivity contribution in [3.8, 4) is 5.75 Å².